The van der Waals surface area contributed by atoms with E-state index in [4.69, 9.17) is 0 Å². The number of H-pyrrole nitrogens is 1. The Morgan fingerprint density at radius 2 is 2.62 bits per heavy atom. The maximum Gasteiger partial charge on any atom is 0.228 e. The van der Waals surface area contributed by atoms with Gasteiger partial charge >= 0.3 is 0 Å². The topological polar surface area (TPSA) is 69.8 Å². The second-order valence-electron chi connectivity index (χ2n) is 3.17. The Kier molecular flexibility index (Phi) is 2.27. The fourth-order valence-electron chi connectivity index (χ4n) is 1.44. The Balaban J connectivity index is 1.91. The molecule has 3 N–H and O–H groups in total. The maximum absolute atomic E-state index is 11.5. The molecule has 1 aromatic rings. The van der Waals surface area contributed by atoms with Gasteiger partial charge in [-0.1, -0.05) is 0 Å². The van der Waals surface area contributed by atoms with Gasteiger partial charge in [0.1, 0.15) is 0 Å². The summed E-state index contributed by atoms with van der Waals surface area (Å²) in [5.74, 6) is 0.182. The molecule has 0 radical (unpaired) electrons. The Hall–Kier alpha value is -1.36. The lowest BCUT2D eigenvalue weighted by molar-refractivity contribution is -0.119. The van der Waals surface area contributed by atoms with Crippen molar-refractivity contribution < 1.29 is 4.79 Å². The molecule has 1 aliphatic heterocycles. The van der Waals surface area contributed by atoms with Crippen LogP contribution < -0.4 is 10.6 Å². The highest BCUT2D eigenvalue weighted by Gasteiger charge is 2.22. The number of aromatic nitrogens is 2. The summed E-state index contributed by atoms with van der Waals surface area (Å²) in [5.41, 5.74) is 0.733. The Morgan fingerprint density at radius 3 is 3.23 bits per heavy atom. The molecule has 0 aromatic carbocycles. The quantitative estimate of drug-likeness (QED) is 0.598. The molecule has 1 atom stereocenters. The van der Waals surface area contributed by atoms with Gasteiger partial charge < -0.3 is 10.6 Å². The van der Waals surface area contributed by atoms with Crippen LogP contribution in [0, 0.1) is 5.92 Å². The van der Waals surface area contributed by atoms with Gasteiger partial charge in [0, 0.05) is 12.7 Å². The Bertz CT molecular complexity index is 276. The van der Waals surface area contributed by atoms with Crippen LogP contribution in [0.15, 0.2) is 12.4 Å². The second-order valence-corrected chi connectivity index (χ2v) is 3.17. The summed E-state index contributed by atoms with van der Waals surface area (Å²) in [6.45, 7) is 1.72. The molecule has 13 heavy (non-hydrogen) atoms. The molecule has 0 saturated carbocycles. The van der Waals surface area contributed by atoms with Crippen LogP contribution in [0.2, 0.25) is 0 Å². The number of amides is 1. The van der Waals surface area contributed by atoms with Crippen molar-refractivity contribution in [2.45, 2.75) is 6.42 Å². The first kappa shape index (κ1) is 8.25. The Morgan fingerprint density at radius 1 is 1.69 bits per heavy atom. The zero-order valence-corrected chi connectivity index (χ0v) is 7.21. The molecule has 5 heteroatoms. The van der Waals surface area contributed by atoms with Crippen molar-refractivity contribution in [3.63, 3.8) is 0 Å². The molecule has 5 nitrogen and oxygen atoms in total. The van der Waals surface area contributed by atoms with E-state index in [0.29, 0.717) is 0 Å². The van der Waals surface area contributed by atoms with E-state index in [1.807, 2.05) is 0 Å². The molecule has 1 fully saturated rings. The normalized spacial score (nSPS) is 21.7. The molecule has 1 aliphatic rings. The molecule has 1 amide bonds. The lowest BCUT2D eigenvalue weighted by Gasteiger charge is -2.06. The third-order valence-electron chi connectivity index (χ3n) is 2.20. The predicted octanol–water partition coefficient (Wildman–Crippen LogP) is -0.0423. The average Bonchev–Trinajstić information content (AvgIpc) is 2.74. The maximum atomic E-state index is 11.5. The first-order valence-electron chi connectivity index (χ1n) is 4.36. The van der Waals surface area contributed by atoms with Crippen LogP contribution in [-0.2, 0) is 4.79 Å². The monoisotopic (exact) mass is 180 g/mol. The highest BCUT2D eigenvalue weighted by molar-refractivity contribution is 5.92. The van der Waals surface area contributed by atoms with E-state index in [2.05, 4.69) is 20.8 Å². The molecule has 1 aromatic heterocycles. The minimum atomic E-state index is 0.0754. The van der Waals surface area contributed by atoms with Crippen molar-refractivity contribution in [3.8, 4) is 0 Å². The number of carbonyl (C=O) groups is 1. The summed E-state index contributed by atoms with van der Waals surface area (Å²) in [7, 11) is 0. The smallest absolute Gasteiger partial charge is 0.228 e. The van der Waals surface area contributed by atoms with Gasteiger partial charge in [-0.05, 0) is 13.0 Å². The molecular formula is C8H12N4O. The lowest BCUT2D eigenvalue weighted by Crippen LogP contribution is -2.24. The van der Waals surface area contributed by atoms with Crippen molar-refractivity contribution in [1.82, 2.24) is 15.5 Å². The van der Waals surface area contributed by atoms with Gasteiger partial charge in [-0.15, -0.1) is 0 Å². The number of hydrogen-bond donors (Lipinski definition) is 3. The zero-order chi connectivity index (χ0) is 9.10. The summed E-state index contributed by atoms with van der Waals surface area (Å²) >= 11 is 0. The summed E-state index contributed by atoms with van der Waals surface area (Å²) in [5, 5.41) is 12.3. The first-order valence-corrected chi connectivity index (χ1v) is 4.36. The van der Waals surface area contributed by atoms with Crippen molar-refractivity contribution >= 4 is 11.6 Å². The van der Waals surface area contributed by atoms with Crippen LogP contribution in [0.25, 0.3) is 0 Å². The molecule has 0 unspecified atom stereocenters. The highest BCUT2D eigenvalue weighted by Crippen LogP contribution is 2.11. The third-order valence-corrected chi connectivity index (χ3v) is 2.20. The van der Waals surface area contributed by atoms with Crippen molar-refractivity contribution in [2.24, 2.45) is 5.92 Å². The van der Waals surface area contributed by atoms with Gasteiger partial charge in [0.25, 0.3) is 0 Å². The average molecular weight is 180 g/mol. The van der Waals surface area contributed by atoms with E-state index in [-0.39, 0.29) is 11.8 Å². The SMILES string of the molecule is O=C(Nc1cn[nH]c1)[C@H]1CCNC1. The molecular weight excluding hydrogens is 168 g/mol. The number of hydrogen-bond acceptors (Lipinski definition) is 3. The molecule has 2 rings (SSSR count). The van der Waals surface area contributed by atoms with Gasteiger partial charge in [-0.2, -0.15) is 5.10 Å². The number of rotatable bonds is 2. The molecule has 0 bridgehead atoms. The third kappa shape index (κ3) is 1.86. The molecule has 0 spiro atoms. The molecule has 2 heterocycles. The minimum absolute atomic E-state index is 0.0754. The molecule has 0 aliphatic carbocycles. The zero-order valence-electron chi connectivity index (χ0n) is 7.21. The largest absolute Gasteiger partial charge is 0.323 e. The van der Waals surface area contributed by atoms with Crippen LogP contribution in [0.4, 0.5) is 5.69 Å². The summed E-state index contributed by atoms with van der Waals surface area (Å²) in [4.78, 5) is 11.5. The van der Waals surface area contributed by atoms with E-state index in [1.165, 1.54) is 0 Å². The number of carbonyl (C=O) groups excluding carboxylic acids is 1. The molecule has 1 saturated heterocycles. The van der Waals surface area contributed by atoms with E-state index in [0.717, 1.165) is 25.2 Å². The van der Waals surface area contributed by atoms with Gasteiger partial charge in [0.2, 0.25) is 5.91 Å². The van der Waals surface area contributed by atoms with E-state index in [1.54, 1.807) is 12.4 Å². The summed E-state index contributed by atoms with van der Waals surface area (Å²) in [6, 6.07) is 0. The number of nitrogens with zero attached hydrogens (tertiary/aromatic N) is 1. The predicted molar refractivity (Wildman–Crippen MR) is 48.2 cm³/mol. The van der Waals surface area contributed by atoms with Crippen LogP contribution in [-0.4, -0.2) is 29.2 Å². The van der Waals surface area contributed by atoms with Crippen LogP contribution in [0.3, 0.4) is 0 Å². The number of nitrogens with one attached hydrogen (secondary N) is 3. The Labute approximate surface area is 75.9 Å². The molecule has 70 valence electrons. The van der Waals surface area contributed by atoms with Crippen LogP contribution in [0.1, 0.15) is 6.42 Å². The van der Waals surface area contributed by atoms with E-state index < -0.39 is 0 Å². The van der Waals surface area contributed by atoms with Gasteiger partial charge in [-0.25, -0.2) is 0 Å². The van der Waals surface area contributed by atoms with Gasteiger partial charge in [0.05, 0.1) is 17.8 Å². The van der Waals surface area contributed by atoms with E-state index in [9.17, 15) is 4.79 Å². The summed E-state index contributed by atoms with van der Waals surface area (Å²) in [6.07, 6.45) is 4.18. The lowest BCUT2D eigenvalue weighted by atomic mass is 10.1. The minimum Gasteiger partial charge on any atom is -0.323 e. The number of aromatic amines is 1. The number of anilines is 1. The van der Waals surface area contributed by atoms with Crippen molar-refractivity contribution in [2.75, 3.05) is 18.4 Å². The van der Waals surface area contributed by atoms with Crippen molar-refractivity contribution in [1.29, 1.82) is 0 Å². The van der Waals surface area contributed by atoms with Gasteiger partial charge in [-0.3, -0.25) is 9.89 Å². The van der Waals surface area contributed by atoms with Gasteiger partial charge in [0.15, 0.2) is 0 Å². The van der Waals surface area contributed by atoms with Crippen LogP contribution >= 0.6 is 0 Å². The highest BCUT2D eigenvalue weighted by atomic mass is 16.1. The van der Waals surface area contributed by atoms with Crippen LogP contribution in [0.5, 0.6) is 0 Å². The fourth-order valence-corrected chi connectivity index (χ4v) is 1.44. The first-order chi connectivity index (χ1) is 6.36. The summed E-state index contributed by atoms with van der Waals surface area (Å²) < 4.78 is 0. The standard InChI is InChI=1S/C8H12N4O/c13-8(6-1-2-9-3-6)12-7-4-10-11-5-7/h4-6,9H,1-3H2,(H,10,11)(H,12,13)/t6-/m0/s1. The van der Waals surface area contributed by atoms with Crippen molar-refractivity contribution in [3.05, 3.63) is 12.4 Å². The van der Waals surface area contributed by atoms with E-state index >= 15 is 0 Å². The fraction of sp³-hybridized carbons (Fsp3) is 0.500. The second kappa shape index (κ2) is 3.57.